The molecule has 0 aromatic heterocycles. The number of hydrogen-bond donors (Lipinski definition) is 2. The van der Waals surface area contributed by atoms with E-state index in [1.165, 1.54) is 12.1 Å². The minimum atomic E-state index is -3.27. The fourth-order valence-corrected chi connectivity index (χ4v) is 2.81. The zero-order valence-electron chi connectivity index (χ0n) is 13.0. The molecule has 0 heterocycles. The molecule has 0 aliphatic heterocycles. The predicted octanol–water partition coefficient (Wildman–Crippen LogP) is 3.19. The second-order valence-electron chi connectivity index (χ2n) is 6.10. The maximum absolute atomic E-state index is 13.7. The van der Waals surface area contributed by atoms with Crippen LogP contribution in [0.4, 0.5) is 8.78 Å². The summed E-state index contributed by atoms with van der Waals surface area (Å²) in [5, 5.41) is 8.84. The van der Waals surface area contributed by atoms with Gasteiger partial charge in [0.1, 0.15) is 11.4 Å². The minimum Gasteiger partial charge on any atom is -0.598 e. The standard InChI is InChI=1S/C15H23F2NO2S/c1-10-12(11(2)18-21(20)14(3,4)5)7-6-8-13(10)15(16,17)9-19/h6-8,11,18-19H,9H2,1-5H3/t11-,21+/m1/s1. The molecule has 0 amide bonds. The number of aliphatic hydroxyl groups excluding tert-OH is 1. The van der Waals surface area contributed by atoms with Crippen molar-refractivity contribution in [1.29, 1.82) is 0 Å². The molecule has 2 N–H and O–H groups in total. The van der Waals surface area contributed by atoms with Crippen LogP contribution in [0.5, 0.6) is 0 Å². The summed E-state index contributed by atoms with van der Waals surface area (Å²) in [4.78, 5) is 0. The van der Waals surface area contributed by atoms with Crippen molar-refractivity contribution in [2.45, 2.75) is 51.3 Å². The van der Waals surface area contributed by atoms with Crippen molar-refractivity contribution < 1.29 is 18.4 Å². The monoisotopic (exact) mass is 319 g/mol. The number of rotatable bonds is 5. The lowest BCUT2D eigenvalue weighted by molar-refractivity contribution is -0.0561. The second-order valence-corrected chi connectivity index (χ2v) is 8.10. The molecule has 0 aliphatic carbocycles. The number of aliphatic hydroxyl groups is 1. The van der Waals surface area contributed by atoms with E-state index in [-0.39, 0.29) is 11.6 Å². The Hall–Kier alpha value is -0.690. The van der Waals surface area contributed by atoms with Crippen LogP contribution in [0, 0.1) is 6.92 Å². The van der Waals surface area contributed by atoms with E-state index < -0.39 is 28.6 Å². The normalized spacial score (nSPS) is 15.9. The van der Waals surface area contributed by atoms with Crippen LogP contribution in [0.15, 0.2) is 18.2 Å². The summed E-state index contributed by atoms with van der Waals surface area (Å²) in [5.74, 6) is -3.27. The van der Waals surface area contributed by atoms with Gasteiger partial charge >= 0.3 is 0 Å². The average Bonchev–Trinajstić information content (AvgIpc) is 2.37. The third kappa shape index (κ3) is 4.39. The molecule has 0 unspecified atom stereocenters. The second kappa shape index (κ2) is 6.60. The van der Waals surface area contributed by atoms with Crippen LogP contribution in [0.1, 0.15) is 50.4 Å². The van der Waals surface area contributed by atoms with Gasteiger partial charge in [-0.2, -0.15) is 8.78 Å². The molecule has 1 rings (SSSR count). The topological polar surface area (TPSA) is 55.3 Å². The largest absolute Gasteiger partial charge is 0.598 e. The lowest BCUT2D eigenvalue weighted by Crippen LogP contribution is -2.40. The molecular weight excluding hydrogens is 296 g/mol. The number of halogens is 2. The van der Waals surface area contributed by atoms with Crippen LogP contribution < -0.4 is 4.72 Å². The first-order valence-corrected chi connectivity index (χ1v) is 7.92. The lowest BCUT2D eigenvalue weighted by atomic mass is 9.95. The van der Waals surface area contributed by atoms with E-state index in [1.807, 2.05) is 20.8 Å². The van der Waals surface area contributed by atoms with Gasteiger partial charge in [-0.25, -0.2) is 0 Å². The van der Waals surface area contributed by atoms with Crippen molar-refractivity contribution >= 4 is 11.4 Å². The Morgan fingerprint density at radius 2 is 1.90 bits per heavy atom. The summed E-state index contributed by atoms with van der Waals surface area (Å²) in [6.07, 6.45) is 0. The molecule has 0 fully saturated rings. The van der Waals surface area contributed by atoms with E-state index >= 15 is 0 Å². The first-order chi connectivity index (χ1) is 9.50. The van der Waals surface area contributed by atoms with Crippen LogP contribution in [0.2, 0.25) is 0 Å². The van der Waals surface area contributed by atoms with Gasteiger partial charge in [-0.3, -0.25) is 0 Å². The zero-order chi connectivity index (χ0) is 16.4. The van der Waals surface area contributed by atoms with Crippen molar-refractivity contribution in [1.82, 2.24) is 4.72 Å². The summed E-state index contributed by atoms with van der Waals surface area (Å²) in [6, 6.07) is 4.23. The molecule has 0 spiro atoms. The summed E-state index contributed by atoms with van der Waals surface area (Å²) < 4.78 is 42.0. The molecule has 0 bridgehead atoms. The van der Waals surface area contributed by atoms with E-state index in [4.69, 9.17) is 5.11 Å². The smallest absolute Gasteiger partial charge is 0.296 e. The fourth-order valence-electron chi connectivity index (χ4n) is 2.00. The van der Waals surface area contributed by atoms with Crippen LogP contribution in [-0.2, 0) is 17.3 Å². The first-order valence-electron chi connectivity index (χ1n) is 6.77. The minimum absolute atomic E-state index is 0.197. The molecule has 0 saturated carbocycles. The van der Waals surface area contributed by atoms with Crippen molar-refractivity contribution in [2.75, 3.05) is 6.61 Å². The predicted molar refractivity (Wildman–Crippen MR) is 81.6 cm³/mol. The molecule has 6 heteroatoms. The van der Waals surface area contributed by atoms with Gasteiger partial charge in [-0.15, -0.1) is 4.72 Å². The molecule has 2 atom stereocenters. The van der Waals surface area contributed by atoms with Crippen LogP contribution in [0.25, 0.3) is 0 Å². The van der Waals surface area contributed by atoms with Gasteiger partial charge in [0.15, 0.2) is 0 Å². The van der Waals surface area contributed by atoms with Crippen molar-refractivity contribution in [2.24, 2.45) is 0 Å². The van der Waals surface area contributed by atoms with Crippen molar-refractivity contribution in [3.8, 4) is 0 Å². The maximum Gasteiger partial charge on any atom is 0.296 e. The molecule has 0 aliphatic rings. The molecular formula is C15H23F2NO2S. The number of nitrogens with one attached hydrogen (secondary N) is 1. The number of benzene rings is 1. The summed E-state index contributed by atoms with van der Waals surface area (Å²) in [5.41, 5.74) is 0.860. The highest BCUT2D eigenvalue weighted by Gasteiger charge is 2.34. The van der Waals surface area contributed by atoms with Gasteiger partial charge in [0.25, 0.3) is 5.92 Å². The third-order valence-electron chi connectivity index (χ3n) is 3.27. The van der Waals surface area contributed by atoms with E-state index in [0.717, 1.165) is 0 Å². The zero-order valence-corrected chi connectivity index (χ0v) is 13.9. The van der Waals surface area contributed by atoms with Gasteiger partial charge < -0.3 is 9.66 Å². The fraction of sp³-hybridized carbons (Fsp3) is 0.600. The summed E-state index contributed by atoms with van der Waals surface area (Å²) >= 11 is -1.29. The van der Waals surface area contributed by atoms with Gasteiger partial charge in [0, 0.05) is 16.9 Å². The van der Waals surface area contributed by atoms with Gasteiger partial charge in [-0.1, -0.05) is 18.2 Å². The summed E-state index contributed by atoms with van der Waals surface area (Å²) in [6.45, 7) is 7.66. The summed E-state index contributed by atoms with van der Waals surface area (Å²) in [7, 11) is 0. The van der Waals surface area contributed by atoms with E-state index in [9.17, 15) is 13.3 Å². The molecule has 21 heavy (non-hydrogen) atoms. The Kier molecular flexibility index (Phi) is 5.77. The van der Waals surface area contributed by atoms with Crippen molar-refractivity contribution in [3.05, 3.63) is 34.9 Å². The quantitative estimate of drug-likeness (QED) is 0.820. The van der Waals surface area contributed by atoms with Crippen LogP contribution >= 0.6 is 0 Å². The molecule has 3 nitrogen and oxygen atoms in total. The molecule has 120 valence electrons. The average molecular weight is 319 g/mol. The molecule has 0 radical (unpaired) electrons. The van der Waals surface area contributed by atoms with E-state index in [0.29, 0.717) is 11.1 Å². The Bertz CT molecular complexity index is 489. The Labute approximate surface area is 128 Å². The van der Waals surface area contributed by atoms with Gasteiger partial charge in [-0.05, 0) is 45.7 Å². The van der Waals surface area contributed by atoms with Gasteiger partial charge in [0.05, 0.1) is 6.04 Å². The SMILES string of the molecule is Cc1c([C@@H](C)N[S@@+]([O-])C(C)(C)C)cccc1C(F)(F)CO. The van der Waals surface area contributed by atoms with Gasteiger partial charge in [0.2, 0.25) is 0 Å². The Balaban J connectivity index is 3.07. The highest BCUT2D eigenvalue weighted by molar-refractivity contribution is 7.90. The molecule has 1 aromatic rings. The number of alkyl halides is 2. The van der Waals surface area contributed by atoms with Crippen molar-refractivity contribution in [3.63, 3.8) is 0 Å². The Morgan fingerprint density at radius 1 is 1.33 bits per heavy atom. The highest BCUT2D eigenvalue weighted by Crippen LogP contribution is 2.33. The first kappa shape index (κ1) is 18.4. The van der Waals surface area contributed by atoms with E-state index in [1.54, 1.807) is 19.9 Å². The molecule has 1 aromatic carbocycles. The maximum atomic E-state index is 13.7. The van der Waals surface area contributed by atoms with Crippen LogP contribution in [0.3, 0.4) is 0 Å². The van der Waals surface area contributed by atoms with E-state index in [2.05, 4.69) is 4.72 Å². The number of hydrogen-bond acceptors (Lipinski definition) is 3. The lowest BCUT2D eigenvalue weighted by Gasteiger charge is -2.28. The molecule has 0 saturated heterocycles. The Morgan fingerprint density at radius 3 is 2.38 bits per heavy atom. The van der Waals surface area contributed by atoms with Crippen LogP contribution in [-0.4, -0.2) is 21.0 Å². The third-order valence-corrected chi connectivity index (χ3v) is 4.95. The highest BCUT2D eigenvalue weighted by atomic mass is 32.2.